The number of hydrogen-bond donors (Lipinski definition) is 1. The number of rotatable bonds is 5. The number of aromatic nitrogens is 4. The monoisotopic (exact) mass is 325 g/mol. The van der Waals surface area contributed by atoms with Crippen LogP contribution in [0.2, 0.25) is 0 Å². The molecule has 6 nitrogen and oxygen atoms in total. The van der Waals surface area contributed by atoms with Crippen molar-refractivity contribution >= 4 is 5.91 Å². The van der Waals surface area contributed by atoms with Gasteiger partial charge in [-0.25, -0.2) is 9.07 Å². The van der Waals surface area contributed by atoms with Gasteiger partial charge in [0.2, 0.25) is 0 Å². The van der Waals surface area contributed by atoms with Crippen LogP contribution >= 0.6 is 0 Å². The number of pyridine rings is 1. The number of nitrogens with zero attached hydrogens (tertiary/aromatic N) is 4. The van der Waals surface area contributed by atoms with Gasteiger partial charge in [0.05, 0.1) is 12.2 Å². The Morgan fingerprint density at radius 3 is 2.96 bits per heavy atom. The van der Waals surface area contributed by atoms with Crippen molar-refractivity contribution in [2.24, 2.45) is 0 Å². The van der Waals surface area contributed by atoms with E-state index < -0.39 is 0 Å². The predicted octanol–water partition coefficient (Wildman–Crippen LogP) is 2.35. The van der Waals surface area contributed by atoms with Crippen LogP contribution in [0.3, 0.4) is 0 Å². The predicted molar refractivity (Wildman–Crippen MR) is 85.6 cm³/mol. The van der Waals surface area contributed by atoms with Gasteiger partial charge in [0.1, 0.15) is 5.82 Å². The largest absolute Gasteiger partial charge is 0.346 e. The lowest BCUT2D eigenvalue weighted by atomic mass is 10.1. The molecule has 3 rings (SSSR count). The molecule has 1 atom stereocenters. The molecule has 0 unspecified atom stereocenters. The summed E-state index contributed by atoms with van der Waals surface area (Å²) in [7, 11) is 0. The molecule has 0 aliphatic rings. The fraction of sp³-hybridized carbons (Fsp3) is 0.176. The summed E-state index contributed by atoms with van der Waals surface area (Å²) in [6.45, 7) is 2.22. The highest BCUT2D eigenvalue weighted by Gasteiger charge is 2.15. The van der Waals surface area contributed by atoms with Crippen molar-refractivity contribution < 1.29 is 9.18 Å². The van der Waals surface area contributed by atoms with Crippen LogP contribution in [0.1, 0.15) is 34.6 Å². The van der Waals surface area contributed by atoms with E-state index >= 15 is 0 Å². The summed E-state index contributed by atoms with van der Waals surface area (Å²) in [6, 6.07) is 9.71. The van der Waals surface area contributed by atoms with E-state index in [-0.39, 0.29) is 23.5 Å². The first-order chi connectivity index (χ1) is 11.6. The van der Waals surface area contributed by atoms with Gasteiger partial charge in [0.25, 0.3) is 5.91 Å². The summed E-state index contributed by atoms with van der Waals surface area (Å²) in [5.74, 6) is -0.634. The quantitative estimate of drug-likeness (QED) is 0.781. The second-order valence-corrected chi connectivity index (χ2v) is 5.36. The first kappa shape index (κ1) is 15.8. The van der Waals surface area contributed by atoms with Gasteiger partial charge < -0.3 is 5.32 Å². The molecule has 3 aromatic rings. The van der Waals surface area contributed by atoms with Crippen molar-refractivity contribution in [3.63, 3.8) is 0 Å². The Hall–Kier alpha value is -3.09. The SMILES string of the molecule is C[C@@H](c1cccc(F)c1)n1cc(C(=O)NCc2cccnc2)nn1. The average molecular weight is 325 g/mol. The highest BCUT2D eigenvalue weighted by Crippen LogP contribution is 2.17. The van der Waals surface area contributed by atoms with Crippen molar-refractivity contribution in [3.8, 4) is 0 Å². The molecule has 0 saturated carbocycles. The molecule has 7 heteroatoms. The van der Waals surface area contributed by atoms with E-state index in [9.17, 15) is 9.18 Å². The van der Waals surface area contributed by atoms with Crippen LogP contribution < -0.4 is 5.32 Å². The molecular weight excluding hydrogens is 309 g/mol. The van der Waals surface area contributed by atoms with Crippen molar-refractivity contribution in [2.75, 3.05) is 0 Å². The molecular formula is C17H16FN5O. The molecule has 0 radical (unpaired) electrons. The summed E-state index contributed by atoms with van der Waals surface area (Å²) >= 11 is 0. The third kappa shape index (κ3) is 3.62. The van der Waals surface area contributed by atoms with E-state index in [0.29, 0.717) is 6.54 Å². The fourth-order valence-corrected chi connectivity index (χ4v) is 2.26. The Morgan fingerprint density at radius 1 is 1.33 bits per heavy atom. The highest BCUT2D eigenvalue weighted by atomic mass is 19.1. The Kier molecular flexibility index (Phi) is 4.60. The molecule has 0 fully saturated rings. The van der Waals surface area contributed by atoms with E-state index in [1.165, 1.54) is 16.8 Å². The maximum absolute atomic E-state index is 13.3. The summed E-state index contributed by atoms with van der Waals surface area (Å²) in [5, 5.41) is 10.6. The third-order valence-electron chi connectivity index (χ3n) is 3.65. The van der Waals surface area contributed by atoms with Crippen LogP contribution in [0.25, 0.3) is 0 Å². The van der Waals surface area contributed by atoms with Crippen molar-refractivity contribution in [1.29, 1.82) is 0 Å². The van der Waals surface area contributed by atoms with Gasteiger partial charge in [0, 0.05) is 18.9 Å². The van der Waals surface area contributed by atoms with Gasteiger partial charge >= 0.3 is 0 Å². The van der Waals surface area contributed by atoms with Crippen molar-refractivity contribution in [2.45, 2.75) is 19.5 Å². The average Bonchev–Trinajstić information content (AvgIpc) is 3.10. The summed E-state index contributed by atoms with van der Waals surface area (Å²) in [6.07, 6.45) is 4.90. The lowest BCUT2D eigenvalue weighted by Crippen LogP contribution is -2.23. The molecule has 2 aromatic heterocycles. The lowest BCUT2D eigenvalue weighted by molar-refractivity contribution is 0.0946. The Balaban J connectivity index is 1.67. The maximum atomic E-state index is 13.3. The molecule has 1 amide bonds. The van der Waals surface area contributed by atoms with Crippen LogP contribution in [0, 0.1) is 5.82 Å². The summed E-state index contributed by atoms with van der Waals surface area (Å²) in [5.41, 5.74) is 1.86. The summed E-state index contributed by atoms with van der Waals surface area (Å²) in [4.78, 5) is 16.1. The van der Waals surface area contributed by atoms with E-state index in [4.69, 9.17) is 0 Å². The topological polar surface area (TPSA) is 72.7 Å². The van der Waals surface area contributed by atoms with E-state index in [1.807, 2.05) is 13.0 Å². The number of nitrogens with one attached hydrogen (secondary N) is 1. The number of halogens is 1. The van der Waals surface area contributed by atoms with Gasteiger partial charge in [-0.15, -0.1) is 5.10 Å². The minimum Gasteiger partial charge on any atom is -0.346 e. The van der Waals surface area contributed by atoms with Gasteiger partial charge in [-0.2, -0.15) is 0 Å². The van der Waals surface area contributed by atoms with Gasteiger partial charge in [0.15, 0.2) is 5.69 Å². The molecule has 0 spiro atoms. The van der Waals surface area contributed by atoms with Gasteiger partial charge in [-0.3, -0.25) is 9.78 Å². The molecule has 1 aromatic carbocycles. The molecule has 2 heterocycles. The number of benzene rings is 1. The fourth-order valence-electron chi connectivity index (χ4n) is 2.26. The van der Waals surface area contributed by atoms with Gasteiger partial charge in [-0.05, 0) is 36.2 Å². The minimum absolute atomic E-state index is 0.210. The molecule has 0 aliphatic carbocycles. The van der Waals surface area contributed by atoms with E-state index in [2.05, 4.69) is 20.6 Å². The number of carbonyl (C=O) groups is 1. The third-order valence-corrected chi connectivity index (χ3v) is 3.65. The number of hydrogen-bond acceptors (Lipinski definition) is 4. The molecule has 0 saturated heterocycles. The molecule has 0 aliphatic heterocycles. The van der Waals surface area contributed by atoms with E-state index in [0.717, 1.165) is 11.1 Å². The zero-order chi connectivity index (χ0) is 16.9. The smallest absolute Gasteiger partial charge is 0.273 e. The highest BCUT2D eigenvalue weighted by molar-refractivity contribution is 5.91. The second kappa shape index (κ2) is 6.99. The van der Waals surface area contributed by atoms with Crippen molar-refractivity contribution in [3.05, 3.63) is 77.6 Å². The first-order valence-electron chi connectivity index (χ1n) is 7.48. The van der Waals surface area contributed by atoms with Crippen LogP contribution in [-0.4, -0.2) is 25.9 Å². The molecule has 122 valence electrons. The first-order valence-corrected chi connectivity index (χ1v) is 7.48. The Morgan fingerprint density at radius 2 is 2.21 bits per heavy atom. The maximum Gasteiger partial charge on any atom is 0.273 e. The van der Waals surface area contributed by atoms with Crippen LogP contribution in [0.15, 0.2) is 55.0 Å². The standard InChI is InChI=1S/C17H16FN5O/c1-12(14-5-2-6-15(18)8-14)23-11-16(21-22-23)17(24)20-10-13-4-3-7-19-9-13/h2-9,11-12H,10H2,1H3,(H,20,24)/t12-/m0/s1. The zero-order valence-corrected chi connectivity index (χ0v) is 13.1. The minimum atomic E-state index is -0.323. The molecule has 24 heavy (non-hydrogen) atoms. The number of amides is 1. The lowest BCUT2D eigenvalue weighted by Gasteiger charge is -2.11. The number of carbonyl (C=O) groups excluding carboxylic acids is 1. The normalized spacial score (nSPS) is 11.9. The Labute approximate surface area is 138 Å². The molecule has 0 bridgehead atoms. The second-order valence-electron chi connectivity index (χ2n) is 5.36. The Bertz CT molecular complexity index is 834. The summed E-state index contributed by atoms with van der Waals surface area (Å²) < 4.78 is 14.9. The molecule has 1 N–H and O–H groups in total. The van der Waals surface area contributed by atoms with Crippen LogP contribution in [-0.2, 0) is 6.54 Å². The zero-order valence-electron chi connectivity index (χ0n) is 13.1. The van der Waals surface area contributed by atoms with Gasteiger partial charge in [-0.1, -0.05) is 23.4 Å². The van der Waals surface area contributed by atoms with E-state index in [1.54, 1.807) is 36.8 Å². The van der Waals surface area contributed by atoms with Crippen molar-refractivity contribution in [1.82, 2.24) is 25.3 Å². The van der Waals surface area contributed by atoms with Crippen LogP contribution in [0.5, 0.6) is 0 Å². The van der Waals surface area contributed by atoms with Crippen LogP contribution in [0.4, 0.5) is 4.39 Å².